The minimum atomic E-state index is 0.256. The van der Waals surface area contributed by atoms with Gasteiger partial charge < -0.3 is 15.4 Å². The zero-order valence-corrected chi connectivity index (χ0v) is 18.0. The van der Waals surface area contributed by atoms with Crippen molar-refractivity contribution < 1.29 is 4.74 Å². The molecule has 0 spiro atoms. The molecule has 2 aromatic heterocycles. The minimum absolute atomic E-state index is 0.256. The lowest BCUT2D eigenvalue weighted by molar-refractivity contribution is 0.441. The van der Waals surface area contributed by atoms with Gasteiger partial charge in [0, 0.05) is 29.6 Å². The first-order chi connectivity index (χ1) is 15.6. The second-order valence-electron chi connectivity index (χ2n) is 7.43. The Kier molecular flexibility index (Phi) is 5.43. The van der Waals surface area contributed by atoms with Gasteiger partial charge in [-0.25, -0.2) is 9.97 Å². The van der Waals surface area contributed by atoms with Crippen LogP contribution in [0.25, 0.3) is 0 Å². The number of aryl methyl sites for hydroxylation is 1. The number of nitrogens with zero attached hydrogens (tertiary/aromatic N) is 4. The van der Waals surface area contributed by atoms with E-state index < -0.39 is 0 Å². The first-order valence-electron chi connectivity index (χ1n) is 10.1. The monoisotopic (exact) mass is 445 g/mol. The predicted octanol–water partition coefficient (Wildman–Crippen LogP) is 5.26. The van der Waals surface area contributed by atoms with Crippen molar-refractivity contribution >= 4 is 34.6 Å². The molecule has 2 aromatic carbocycles. The fraction of sp³-hybridized carbons (Fsp3) is 0.130. The molecule has 0 bridgehead atoms. The lowest BCUT2D eigenvalue weighted by Gasteiger charge is -2.06. The summed E-state index contributed by atoms with van der Waals surface area (Å²) < 4.78 is 5.62. The molecule has 4 aromatic rings. The summed E-state index contributed by atoms with van der Waals surface area (Å²) in [6.07, 6.45) is 3.78. The average Bonchev–Trinajstić information content (AvgIpc) is 3.40. The lowest BCUT2D eigenvalue weighted by Crippen LogP contribution is -2.06. The number of aromatic amines is 1. The van der Waals surface area contributed by atoms with E-state index in [-0.39, 0.29) is 6.01 Å². The highest BCUT2D eigenvalue weighted by atomic mass is 35.5. The molecule has 32 heavy (non-hydrogen) atoms. The number of ether oxygens (including phenoxy) is 1. The normalized spacial score (nSPS) is 13.6. The Morgan fingerprint density at radius 2 is 1.91 bits per heavy atom. The van der Waals surface area contributed by atoms with E-state index in [9.17, 15) is 0 Å². The molecule has 3 heterocycles. The summed E-state index contributed by atoms with van der Waals surface area (Å²) >= 11 is 5.79. The Morgan fingerprint density at radius 3 is 2.66 bits per heavy atom. The van der Waals surface area contributed by atoms with Crippen LogP contribution in [0.3, 0.4) is 0 Å². The number of hydrogen-bond acceptors (Lipinski definition) is 6. The van der Waals surface area contributed by atoms with Gasteiger partial charge in [-0.1, -0.05) is 29.8 Å². The summed E-state index contributed by atoms with van der Waals surface area (Å²) in [6.45, 7) is 2.55. The number of hydrogen-bond donors (Lipinski definition) is 3. The van der Waals surface area contributed by atoms with Crippen molar-refractivity contribution in [2.45, 2.75) is 19.9 Å². The molecule has 5 rings (SSSR count). The molecule has 0 unspecified atom stereocenters. The highest BCUT2D eigenvalue weighted by Gasteiger charge is 2.16. The first-order valence-corrected chi connectivity index (χ1v) is 10.5. The van der Waals surface area contributed by atoms with Crippen molar-refractivity contribution in [3.05, 3.63) is 82.8 Å². The summed E-state index contributed by atoms with van der Waals surface area (Å²) in [7, 11) is 0. The second-order valence-corrected chi connectivity index (χ2v) is 7.86. The molecule has 0 saturated heterocycles. The standard InChI is InChI=1S/C23H20ClN7O/c1-14-8-22(31-30-14)28-18-5-4-16-9-21(29-20(16)10-18)25-11-15-2-6-19(7-3-15)32-23-26-12-17(24)13-27-23/h2-8,10,12-13H,9,11H2,1H3,(H,25,29)(H2,28,30,31). The summed E-state index contributed by atoms with van der Waals surface area (Å²) in [5, 5.41) is 14.3. The van der Waals surface area contributed by atoms with Gasteiger partial charge in [0.2, 0.25) is 0 Å². The Morgan fingerprint density at radius 1 is 1.09 bits per heavy atom. The van der Waals surface area contributed by atoms with E-state index in [4.69, 9.17) is 21.3 Å². The number of aliphatic imine (C=N–C) groups is 1. The van der Waals surface area contributed by atoms with Crippen LogP contribution in [0, 0.1) is 6.92 Å². The number of nitrogens with one attached hydrogen (secondary N) is 3. The molecule has 8 nitrogen and oxygen atoms in total. The fourth-order valence-corrected chi connectivity index (χ4v) is 3.44. The maximum atomic E-state index is 5.79. The zero-order chi connectivity index (χ0) is 21.9. The maximum Gasteiger partial charge on any atom is 0.321 e. The van der Waals surface area contributed by atoms with Crippen LogP contribution in [0.2, 0.25) is 5.02 Å². The molecule has 0 fully saturated rings. The van der Waals surface area contributed by atoms with E-state index in [1.54, 1.807) is 0 Å². The van der Waals surface area contributed by atoms with Crippen LogP contribution in [-0.2, 0) is 13.0 Å². The van der Waals surface area contributed by atoms with Crippen molar-refractivity contribution in [1.29, 1.82) is 0 Å². The quantitative estimate of drug-likeness (QED) is 0.374. The number of amidine groups is 1. The van der Waals surface area contributed by atoms with E-state index in [1.165, 1.54) is 18.0 Å². The lowest BCUT2D eigenvalue weighted by atomic mass is 10.1. The summed E-state index contributed by atoms with van der Waals surface area (Å²) in [6, 6.07) is 16.2. The molecule has 1 aliphatic rings. The van der Waals surface area contributed by atoms with Gasteiger partial charge in [-0.05, 0) is 42.3 Å². The largest absolute Gasteiger partial charge is 0.424 e. The average molecular weight is 446 g/mol. The van der Waals surface area contributed by atoms with Crippen LogP contribution in [0.1, 0.15) is 16.8 Å². The van der Waals surface area contributed by atoms with Gasteiger partial charge in [0.15, 0.2) is 5.82 Å². The molecular weight excluding hydrogens is 426 g/mol. The third kappa shape index (κ3) is 4.70. The van der Waals surface area contributed by atoms with Gasteiger partial charge in [0.05, 0.1) is 24.0 Å². The van der Waals surface area contributed by atoms with Crippen molar-refractivity contribution in [3.63, 3.8) is 0 Å². The Balaban J connectivity index is 1.19. The molecule has 9 heteroatoms. The highest BCUT2D eigenvalue weighted by Crippen LogP contribution is 2.28. The van der Waals surface area contributed by atoms with Crippen molar-refractivity contribution in [2.24, 2.45) is 4.99 Å². The van der Waals surface area contributed by atoms with Crippen molar-refractivity contribution in [2.75, 3.05) is 10.6 Å². The number of halogens is 1. The summed E-state index contributed by atoms with van der Waals surface area (Å²) in [5.41, 5.74) is 5.35. The molecular formula is C23H20ClN7O. The van der Waals surface area contributed by atoms with Gasteiger partial charge in [-0.15, -0.1) is 0 Å². The molecule has 0 radical (unpaired) electrons. The zero-order valence-electron chi connectivity index (χ0n) is 17.3. The maximum absolute atomic E-state index is 5.79. The number of H-pyrrole nitrogens is 1. The van der Waals surface area contributed by atoms with Gasteiger partial charge in [0.25, 0.3) is 0 Å². The first kappa shape index (κ1) is 20.0. The van der Waals surface area contributed by atoms with E-state index in [1.807, 2.05) is 37.3 Å². The van der Waals surface area contributed by atoms with Crippen LogP contribution in [0.5, 0.6) is 11.8 Å². The number of benzene rings is 2. The van der Waals surface area contributed by atoms with Crippen LogP contribution in [0.15, 0.2) is 65.9 Å². The Bertz CT molecular complexity index is 1270. The van der Waals surface area contributed by atoms with Gasteiger partial charge >= 0.3 is 6.01 Å². The number of anilines is 3. The van der Waals surface area contributed by atoms with E-state index in [0.29, 0.717) is 17.3 Å². The van der Waals surface area contributed by atoms with E-state index in [0.717, 1.165) is 40.7 Å². The van der Waals surface area contributed by atoms with Crippen molar-refractivity contribution in [3.8, 4) is 11.8 Å². The fourth-order valence-electron chi connectivity index (χ4n) is 3.34. The van der Waals surface area contributed by atoms with Gasteiger partial charge in [-0.3, -0.25) is 10.1 Å². The molecule has 1 aliphatic heterocycles. The molecule has 3 N–H and O–H groups in total. The molecule has 0 amide bonds. The Hall–Kier alpha value is -3.91. The van der Waals surface area contributed by atoms with Gasteiger partial charge in [-0.2, -0.15) is 5.10 Å². The van der Waals surface area contributed by atoms with Crippen LogP contribution >= 0.6 is 11.6 Å². The third-order valence-electron chi connectivity index (χ3n) is 4.91. The highest BCUT2D eigenvalue weighted by molar-refractivity contribution is 6.30. The van der Waals surface area contributed by atoms with E-state index >= 15 is 0 Å². The van der Waals surface area contributed by atoms with Crippen LogP contribution in [-0.4, -0.2) is 26.0 Å². The third-order valence-corrected chi connectivity index (χ3v) is 5.10. The second kappa shape index (κ2) is 8.68. The topological polar surface area (TPSA) is 100 Å². The number of fused-ring (bicyclic) bond motifs is 1. The number of rotatable bonds is 6. The smallest absolute Gasteiger partial charge is 0.321 e. The van der Waals surface area contributed by atoms with Gasteiger partial charge in [0.1, 0.15) is 11.6 Å². The van der Waals surface area contributed by atoms with Crippen LogP contribution < -0.4 is 15.4 Å². The molecule has 0 atom stereocenters. The molecule has 0 aliphatic carbocycles. The van der Waals surface area contributed by atoms with E-state index in [2.05, 4.69) is 49.0 Å². The SMILES string of the molecule is Cc1cc(Nc2ccc3c(c2)NC(=NCc2ccc(Oc4ncc(Cl)cn4)cc2)C3)n[nH]1. The predicted molar refractivity (Wildman–Crippen MR) is 125 cm³/mol. The molecule has 0 saturated carbocycles. The minimum Gasteiger partial charge on any atom is -0.424 e. The number of aromatic nitrogens is 4. The van der Waals surface area contributed by atoms with Crippen LogP contribution in [0.4, 0.5) is 17.2 Å². The molecule has 160 valence electrons. The summed E-state index contributed by atoms with van der Waals surface area (Å²) in [4.78, 5) is 12.8. The Labute approximate surface area is 189 Å². The summed E-state index contributed by atoms with van der Waals surface area (Å²) in [5.74, 6) is 2.40. The van der Waals surface area contributed by atoms with Crippen molar-refractivity contribution in [1.82, 2.24) is 20.2 Å².